The highest BCUT2D eigenvalue weighted by atomic mass is 19.1. The molecule has 2 aromatic carbocycles. The van der Waals surface area contributed by atoms with E-state index >= 15 is 0 Å². The average molecular weight is 365 g/mol. The number of halogens is 2. The Morgan fingerprint density at radius 1 is 1.27 bits per heavy atom. The molecule has 9 heteroatoms. The minimum atomic E-state index is -0.717. The molecule has 0 bridgehead atoms. The van der Waals surface area contributed by atoms with Crippen molar-refractivity contribution in [2.75, 3.05) is 19.0 Å². The maximum Gasteiger partial charge on any atom is 0.271 e. The molecular formula is C17H17F2N3O4. The van der Waals surface area contributed by atoms with E-state index < -0.39 is 28.5 Å². The number of carbonyl (C=O) groups excluding carboxylic acids is 1. The summed E-state index contributed by atoms with van der Waals surface area (Å²) in [6, 6.07) is 6.45. The van der Waals surface area contributed by atoms with Gasteiger partial charge < -0.3 is 15.4 Å². The molecule has 0 aliphatic heterocycles. The Labute approximate surface area is 148 Å². The lowest BCUT2D eigenvalue weighted by Crippen LogP contribution is -2.30. The highest BCUT2D eigenvalue weighted by molar-refractivity contribution is 5.94. The van der Waals surface area contributed by atoms with Crippen LogP contribution >= 0.6 is 0 Å². The van der Waals surface area contributed by atoms with E-state index in [2.05, 4.69) is 10.6 Å². The van der Waals surface area contributed by atoms with Gasteiger partial charge in [-0.05, 0) is 19.1 Å². The summed E-state index contributed by atoms with van der Waals surface area (Å²) in [7, 11) is 1.37. The molecule has 0 heterocycles. The van der Waals surface area contributed by atoms with Gasteiger partial charge in [0.2, 0.25) is 5.91 Å². The molecule has 2 aromatic rings. The van der Waals surface area contributed by atoms with Gasteiger partial charge in [-0.1, -0.05) is 6.07 Å². The van der Waals surface area contributed by atoms with E-state index in [4.69, 9.17) is 4.74 Å². The zero-order valence-electron chi connectivity index (χ0n) is 14.1. The van der Waals surface area contributed by atoms with Gasteiger partial charge in [-0.2, -0.15) is 0 Å². The Kier molecular flexibility index (Phi) is 6.18. The number of anilines is 1. The Morgan fingerprint density at radius 3 is 2.62 bits per heavy atom. The predicted molar refractivity (Wildman–Crippen MR) is 91.1 cm³/mol. The van der Waals surface area contributed by atoms with Gasteiger partial charge in [0.1, 0.15) is 17.4 Å². The number of nitro groups is 1. The largest absolute Gasteiger partial charge is 0.495 e. The number of hydrogen-bond acceptors (Lipinski definition) is 5. The van der Waals surface area contributed by atoms with Gasteiger partial charge in [0.05, 0.1) is 24.3 Å². The molecule has 0 aliphatic carbocycles. The lowest BCUT2D eigenvalue weighted by molar-refractivity contribution is -0.384. The van der Waals surface area contributed by atoms with Crippen molar-refractivity contribution >= 4 is 17.3 Å². The first-order chi connectivity index (χ1) is 12.3. The van der Waals surface area contributed by atoms with Gasteiger partial charge in [-0.25, -0.2) is 8.78 Å². The van der Waals surface area contributed by atoms with Gasteiger partial charge in [0.15, 0.2) is 0 Å². The van der Waals surface area contributed by atoms with Crippen LogP contribution in [0, 0.1) is 21.7 Å². The second-order valence-electron chi connectivity index (χ2n) is 5.46. The fourth-order valence-electron chi connectivity index (χ4n) is 2.31. The van der Waals surface area contributed by atoms with Crippen LogP contribution in [-0.4, -0.2) is 24.5 Å². The molecular weight excluding hydrogens is 348 g/mol. The van der Waals surface area contributed by atoms with Crippen LogP contribution in [0.25, 0.3) is 0 Å². The Hall–Kier alpha value is -3.07. The molecule has 0 aromatic heterocycles. The quantitative estimate of drug-likeness (QED) is 0.581. The summed E-state index contributed by atoms with van der Waals surface area (Å²) in [4.78, 5) is 22.3. The first kappa shape index (κ1) is 19.3. The summed E-state index contributed by atoms with van der Waals surface area (Å²) >= 11 is 0. The molecule has 0 saturated heterocycles. The zero-order chi connectivity index (χ0) is 19.3. The van der Waals surface area contributed by atoms with Gasteiger partial charge in [0, 0.05) is 29.8 Å². The van der Waals surface area contributed by atoms with E-state index in [0.717, 1.165) is 12.1 Å². The first-order valence-electron chi connectivity index (χ1n) is 7.62. The van der Waals surface area contributed by atoms with Crippen LogP contribution in [-0.2, 0) is 4.79 Å². The van der Waals surface area contributed by atoms with E-state index in [1.165, 1.54) is 31.4 Å². The highest BCUT2D eigenvalue weighted by Crippen LogP contribution is 2.28. The minimum absolute atomic E-state index is 0.147. The molecule has 0 aliphatic rings. The number of rotatable bonds is 7. The third-order valence-electron chi connectivity index (χ3n) is 3.67. The summed E-state index contributed by atoms with van der Waals surface area (Å²) in [5.41, 5.74) is 0.164. The Balaban J connectivity index is 2.02. The number of hydrogen-bond donors (Lipinski definition) is 2. The van der Waals surface area contributed by atoms with Gasteiger partial charge >= 0.3 is 0 Å². The van der Waals surface area contributed by atoms with Crippen molar-refractivity contribution in [3.63, 3.8) is 0 Å². The van der Waals surface area contributed by atoms with Gasteiger partial charge in [0.25, 0.3) is 5.69 Å². The molecule has 0 saturated carbocycles. The summed E-state index contributed by atoms with van der Waals surface area (Å²) in [5, 5.41) is 16.2. The second kappa shape index (κ2) is 8.34. The normalized spacial score (nSPS) is 11.7. The average Bonchev–Trinajstić information content (AvgIpc) is 2.59. The van der Waals surface area contributed by atoms with Gasteiger partial charge in [-0.15, -0.1) is 0 Å². The van der Waals surface area contributed by atoms with Crippen LogP contribution in [0.1, 0.15) is 18.5 Å². The van der Waals surface area contributed by atoms with Crippen molar-refractivity contribution < 1.29 is 23.2 Å². The fraction of sp³-hybridized carbons (Fsp3) is 0.235. The van der Waals surface area contributed by atoms with Crippen LogP contribution in [0.4, 0.5) is 20.2 Å². The van der Waals surface area contributed by atoms with E-state index in [1.54, 1.807) is 6.92 Å². The number of methoxy groups -OCH3 is 1. The number of nitrogens with zero attached hydrogens (tertiary/aromatic N) is 1. The van der Waals surface area contributed by atoms with Crippen LogP contribution in [0.15, 0.2) is 36.4 Å². The predicted octanol–water partition coefficient (Wildman–Crippen LogP) is 3.17. The highest BCUT2D eigenvalue weighted by Gasteiger charge is 2.16. The number of ether oxygens (including phenoxy) is 1. The van der Waals surface area contributed by atoms with Gasteiger partial charge in [-0.3, -0.25) is 14.9 Å². The topological polar surface area (TPSA) is 93.5 Å². The number of carbonyl (C=O) groups is 1. The molecule has 1 atom stereocenters. The van der Waals surface area contributed by atoms with Crippen molar-refractivity contribution in [3.8, 4) is 5.75 Å². The third-order valence-corrected chi connectivity index (χ3v) is 3.67. The first-order valence-corrected chi connectivity index (χ1v) is 7.62. The van der Waals surface area contributed by atoms with Crippen molar-refractivity contribution in [2.24, 2.45) is 0 Å². The molecule has 0 spiro atoms. The number of non-ortho nitro benzene ring substituents is 1. The number of amides is 1. The SMILES string of the molecule is COc1ccc([N+](=O)[O-])cc1NC(=O)CN[C@H](C)c1ccc(F)cc1F. The monoisotopic (exact) mass is 365 g/mol. The molecule has 0 unspecified atom stereocenters. The second-order valence-corrected chi connectivity index (χ2v) is 5.46. The van der Waals surface area contributed by atoms with E-state index in [9.17, 15) is 23.7 Å². The molecule has 2 rings (SSSR count). The molecule has 0 fully saturated rings. The van der Waals surface area contributed by atoms with E-state index in [1.807, 2.05) is 0 Å². The summed E-state index contributed by atoms with van der Waals surface area (Å²) in [6.45, 7) is 1.43. The molecule has 138 valence electrons. The van der Waals surface area contributed by atoms with Crippen LogP contribution < -0.4 is 15.4 Å². The molecule has 26 heavy (non-hydrogen) atoms. The third kappa shape index (κ3) is 4.73. The maximum absolute atomic E-state index is 13.7. The fourth-order valence-corrected chi connectivity index (χ4v) is 2.31. The molecule has 0 radical (unpaired) electrons. The standard InChI is InChI=1S/C17H17F2N3O4/c1-10(13-5-3-11(18)7-14(13)19)20-9-17(23)21-15-8-12(22(24)25)4-6-16(15)26-2/h3-8,10,20H,9H2,1-2H3,(H,21,23)/t10-/m1/s1. The number of benzene rings is 2. The van der Waals surface area contributed by atoms with Crippen LogP contribution in [0.2, 0.25) is 0 Å². The lowest BCUT2D eigenvalue weighted by Gasteiger charge is -2.15. The smallest absolute Gasteiger partial charge is 0.271 e. The summed E-state index contributed by atoms with van der Waals surface area (Å²) in [6.07, 6.45) is 0. The van der Waals surface area contributed by atoms with Crippen molar-refractivity contribution in [1.29, 1.82) is 0 Å². The van der Waals surface area contributed by atoms with Crippen LogP contribution in [0.5, 0.6) is 5.75 Å². The molecule has 7 nitrogen and oxygen atoms in total. The Bertz CT molecular complexity index is 830. The maximum atomic E-state index is 13.7. The lowest BCUT2D eigenvalue weighted by atomic mass is 10.1. The van der Waals surface area contributed by atoms with E-state index in [-0.39, 0.29) is 29.2 Å². The number of nitrogens with one attached hydrogen (secondary N) is 2. The van der Waals surface area contributed by atoms with Crippen molar-refractivity contribution in [1.82, 2.24) is 5.32 Å². The zero-order valence-corrected chi connectivity index (χ0v) is 14.1. The summed E-state index contributed by atoms with van der Waals surface area (Å²) in [5.74, 6) is -1.64. The van der Waals surface area contributed by atoms with Crippen molar-refractivity contribution in [2.45, 2.75) is 13.0 Å². The Morgan fingerprint density at radius 2 is 2.00 bits per heavy atom. The summed E-state index contributed by atoms with van der Waals surface area (Å²) < 4.78 is 31.7. The minimum Gasteiger partial charge on any atom is -0.495 e. The number of nitro benzene ring substituents is 1. The molecule has 2 N–H and O–H groups in total. The van der Waals surface area contributed by atoms with E-state index in [0.29, 0.717) is 0 Å². The van der Waals surface area contributed by atoms with Crippen LogP contribution in [0.3, 0.4) is 0 Å². The van der Waals surface area contributed by atoms with Crippen molar-refractivity contribution in [3.05, 3.63) is 63.7 Å². The molecule has 1 amide bonds.